The Labute approximate surface area is 106 Å². The molecule has 0 fully saturated rings. The van der Waals surface area contributed by atoms with E-state index in [0.717, 1.165) is 0 Å². The highest BCUT2D eigenvalue weighted by atomic mass is 19.1. The van der Waals surface area contributed by atoms with Crippen LogP contribution < -0.4 is 11.1 Å². The van der Waals surface area contributed by atoms with E-state index in [1.54, 1.807) is 13.8 Å². The Morgan fingerprint density at radius 3 is 2.67 bits per heavy atom. The molecule has 0 radical (unpaired) electrons. The summed E-state index contributed by atoms with van der Waals surface area (Å²) >= 11 is 0. The van der Waals surface area contributed by atoms with Crippen LogP contribution in [0.15, 0.2) is 12.1 Å². The van der Waals surface area contributed by atoms with E-state index in [2.05, 4.69) is 5.32 Å². The number of carbonyl (C=O) groups excluding carboxylic acids is 1. The molecule has 0 saturated heterocycles. The van der Waals surface area contributed by atoms with Gasteiger partial charge in [-0.1, -0.05) is 6.92 Å². The van der Waals surface area contributed by atoms with Crippen LogP contribution >= 0.6 is 0 Å². The number of ether oxygens (including phenoxy) is 1. The van der Waals surface area contributed by atoms with Crippen molar-refractivity contribution in [2.45, 2.75) is 32.8 Å². The molecule has 1 rings (SSSR count). The molecule has 1 aromatic carbocycles. The molecule has 0 aliphatic carbocycles. The van der Waals surface area contributed by atoms with Crippen molar-refractivity contribution in [2.24, 2.45) is 0 Å². The van der Waals surface area contributed by atoms with Gasteiger partial charge in [0.2, 0.25) is 0 Å². The van der Waals surface area contributed by atoms with Gasteiger partial charge >= 0.3 is 0 Å². The van der Waals surface area contributed by atoms with E-state index < -0.39 is 11.4 Å². The monoisotopic (exact) mass is 254 g/mol. The molecule has 1 atom stereocenters. The Hall–Kier alpha value is -1.62. The van der Waals surface area contributed by atoms with Gasteiger partial charge in [-0.3, -0.25) is 4.79 Å². The number of anilines is 2. The van der Waals surface area contributed by atoms with Crippen molar-refractivity contribution in [2.75, 3.05) is 18.2 Å². The van der Waals surface area contributed by atoms with E-state index in [1.165, 1.54) is 19.2 Å². The maximum atomic E-state index is 13.7. The van der Waals surface area contributed by atoms with Crippen molar-refractivity contribution in [3.8, 4) is 0 Å². The molecule has 1 amide bonds. The summed E-state index contributed by atoms with van der Waals surface area (Å²) in [5.74, 6) is -0.898. The summed E-state index contributed by atoms with van der Waals surface area (Å²) in [6.07, 6.45) is 0.484. The Bertz CT molecular complexity index is 457. The highest BCUT2D eigenvalue weighted by Gasteiger charge is 2.31. The van der Waals surface area contributed by atoms with E-state index >= 15 is 0 Å². The molecule has 1 unspecified atom stereocenters. The van der Waals surface area contributed by atoms with Crippen molar-refractivity contribution >= 4 is 17.3 Å². The smallest absolute Gasteiger partial charge is 0.256 e. The Morgan fingerprint density at radius 2 is 2.17 bits per heavy atom. The first-order valence-corrected chi connectivity index (χ1v) is 5.77. The van der Waals surface area contributed by atoms with Gasteiger partial charge in [0.1, 0.15) is 11.4 Å². The molecule has 100 valence electrons. The SMILES string of the molecule is CCC(C)(OC)C(=O)Nc1c(F)ccc(N)c1C. The molecule has 0 heterocycles. The number of methoxy groups -OCH3 is 1. The van der Waals surface area contributed by atoms with Crippen LogP contribution in [0.1, 0.15) is 25.8 Å². The zero-order chi connectivity index (χ0) is 13.9. The lowest BCUT2D eigenvalue weighted by atomic mass is 10.0. The highest BCUT2D eigenvalue weighted by Crippen LogP contribution is 2.26. The number of carbonyl (C=O) groups is 1. The van der Waals surface area contributed by atoms with E-state index in [0.29, 0.717) is 17.7 Å². The molecule has 0 spiro atoms. The third-order valence-corrected chi connectivity index (χ3v) is 3.30. The first-order chi connectivity index (χ1) is 8.35. The topological polar surface area (TPSA) is 64.3 Å². The maximum absolute atomic E-state index is 13.7. The lowest BCUT2D eigenvalue weighted by molar-refractivity contribution is -0.136. The number of benzene rings is 1. The molecule has 0 aliphatic heterocycles. The van der Waals surface area contributed by atoms with Gasteiger partial charge in [-0.15, -0.1) is 0 Å². The van der Waals surface area contributed by atoms with Gasteiger partial charge in [0.15, 0.2) is 0 Å². The first kappa shape index (κ1) is 14.4. The maximum Gasteiger partial charge on any atom is 0.256 e. The predicted octanol–water partition coefficient (Wildman–Crippen LogP) is 2.47. The number of nitrogen functional groups attached to an aromatic ring is 1. The fraction of sp³-hybridized carbons (Fsp3) is 0.462. The molecule has 0 aliphatic rings. The molecular formula is C13H19FN2O2. The molecule has 0 bridgehead atoms. The third-order valence-electron chi connectivity index (χ3n) is 3.30. The van der Waals surface area contributed by atoms with Crippen LogP contribution in [-0.4, -0.2) is 18.6 Å². The van der Waals surface area contributed by atoms with Crippen molar-refractivity contribution in [1.82, 2.24) is 0 Å². The van der Waals surface area contributed by atoms with E-state index in [4.69, 9.17) is 10.5 Å². The summed E-state index contributed by atoms with van der Waals surface area (Å²) in [6, 6.07) is 2.70. The average molecular weight is 254 g/mol. The zero-order valence-electron chi connectivity index (χ0n) is 11.1. The van der Waals surface area contributed by atoms with Gasteiger partial charge in [0, 0.05) is 12.8 Å². The first-order valence-electron chi connectivity index (χ1n) is 5.77. The second-order valence-electron chi connectivity index (χ2n) is 4.38. The van der Waals surface area contributed by atoms with Crippen LogP contribution in [0.25, 0.3) is 0 Å². The number of halogens is 1. The summed E-state index contributed by atoms with van der Waals surface area (Å²) in [6.45, 7) is 5.14. The van der Waals surface area contributed by atoms with E-state index in [-0.39, 0.29) is 11.6 Å². The van der Waals surface area contributed by atoms with Crippen molar-refractivity contribution in [3.05, 3.63) is 23.5 Å². The van der Waals surface area contributed by atoms with Gasteiger partial charge < -0.3 is 15.8 Å². The quantitative estimate of drug-likeness (QED) is 0.811. The van der Waals surface area contributed by atoms with Crippen LogP contribution in [-0.2, 0) is 9.53 Å². The summed E-state index contributed by atoms with van der Waals surface area (Å²) in [7, 11) is 1.45. The third kappa shape index (κ3) is 2.61. The minimum absolute atomic E-state index is 0.108. The Kier molecular flexibility index (Phi) is 4.29. The summed E-state index contributed by atoms with van der Waals surface area (Å²) in [5, 5.41) is 2.54. The number of hydrogen-bond acceptors (Lipinski definition) is 3. The van der Waals surface area contributed by atoms with Gasteiger partial charge in [0.25, 0.3) is 5.91 Å². The van der Waals surface area contributed by atoms with Gasteiger partial charge in [0.05, 0.1) is 5.69 Å². The average Bonchev–Trinajstić information content (AvgIpc) is 2.37. The second kappa shape index (κ2) is 5.35. The van der Waals surface area contributed by atoms with E-state index in [9.17, 15) is 9.18 Å². The molecule has 1 aromatic rings. The second-order valence-corrected chi connectivity index (χ2v) is 4.38. The van der Waals surface area contributed by atoms with Crippen LogP contribution in [0.4, 0.5) is 15.8 Å². The Morgan fingerprint density at radius 1 is 1.56 bits per heavy atom. The number of hydrogen-bond donors (Lipinski definition) is 2. The number of amides is 1. The van der Waals surface area contributed by atoms with Crippen molar-refractivity contribution in [3.63, 3.8) is 0 Å². The lowest BCUT2D eigenvalue weighted by Gasteiger charge is -2.25. The number of nitrogens with one attached hydrogen (secondary N) is 1. The summed E-state index contributed by atoms with van der Waals surface area (Å²) in [5.41, 5.74) is 5.76. The number of nitrogens with two attached hydrogens (primary N) is 1. The van der Waals surface area contributed by atoms with Gasteiger partial charge in [-0.25, -0.2) is 4.39 Å². The minimum atomic E-state index is -0.983. The normalized spacial score (nSPS) is 14.1. The Balaban J connectivity index is 3.06. The summed E-state index contributed by atoms with van der Waals surface area (Å²) < 4.78 is 18.8. The van der Waals surface area contributed by atoms with Crippen LogP contribution in [0.5, 0.6) is 0 Å². The molecule has 18 heavy (non-hydrogen) atoms. The molecule has 4 nitrogen and oxygen atoms in total. The van der Waals surface area contributed by atoms with E-state index in [1.807, 2.05) is 6.92 Å². The molecule has 5 heteroatoms. The van der Waals surface area contributed by atoms with Crippen molar-refractivity contribution < 1.29 is 13.9 Å². The fourth-order valence-electron chi connectivity index (χ4n) is 1.49. The predicted molar refractivity (Wildman–Crippen MR) is 69.9 cm³/mol. The zero-order valence-corrected chi connectivity index (χ0v) is 11.1. The number of rotatable bonds is 4. The van der Waals surface area contributed by atoms with Crippen LogP contribution in [0.3, 0.4) is 0 Å². The molecule has 3 N–H and O–H groups in total. The van der Waals surface area contributed by atoms with Crippen molar-refractivity contribution in [1.29, 1.82) is 0 Å². The molecule has 0 aromatic heterocycles. The standard InChI is InChI=1S/C13H19FN2O2/c1-5-13(3,18-4)12(17)16-11-8(2)10(15)7-6-9(11)14/h6-7H,5,15H2,1-4H3,(H,16,17). The molecular weight excluding hydrogens is 235 g/mol. The largest absolute Gasteiger partial charge is 0.398 e. The fourth-order valence-corrected chi connectivity index (χ4v) is 1.49. The van der Waals surface area contributed by atoms with Gasteiger partial charge in [-0.05, 0) is 38.0 Å². The van der Waals surface area contributed by atoms with Crippen LogP contribution in [0.2, 0.25) is 0 Å². The molecule has 0 saturated carbocycles. The summed E-state index contributed by atoms with van der Waals surface area (Å²) in [4.78, 5) is 12.1. The minimum Gasteiger partial charge on any atom is -0.398 e. The lowest BCUT2D eigenvalue weighted by Crippen LogP contribution is -2.41. The van der Waals surface area contributed by atoms with Gasteiger partial charge in [-0.2, -0.15) is 0 Å². The highest BCUT2D eigenvalue weighted by molar-refractivity contribution is 5.98. The van der Waals surface area contributed by atoms with Crippen LogP contribution in [0, 0.1) is 12.7 Å².